The Bertz CT molecular complexity index is 1240. The van der Waals surface area contributed by atoms with E-state index in [1.165, 1.54) is 19.6 Å². The van der Waals surface area contributed by atoms with Crippen molar-refractivity contribution < 1.29 is 37.8 Å². The van der Waals surface area contributed by atoms with E-state index < -0.39 is 64.8 Å². The number of carbonyl (C=O) groups excluding carboxylic acids is 1. The van der Waals surface area contributed by atoms with Crippen LogP contribution in [0.2, 0.25) is 18.1 Å². The molecule has 0 aromatic carbocycles. The Labute approximate surface area is 229 Å². The monoisotopic (exact) mass is 588 g/mol. The highest BCUT2D eigenvalue weighted by molar-refractivity contribution is 7.50. The van der Waals surface area contributed by atoms with E-state index in [1.807, 2.05) is 13.1 Å². The summed E-state index contributed by atoms with van der Waals surface area (Å²) in [7, 11) is -6.98. The predicted molar refractivity (Wildman–Crippen MR) is 146 cm³/mol. The number of fused-ring (bicyclic) bond motifs is 1. The van der Waals surface area contributed by atoms with Gasteiger partial charge in [0.15, 0.2) is 26.0 Å². The smallest absolute Gasteiger partial charge is 0.403 e. The van der Waals surface area contributed by atoms with Crippen LogP contribution in [0, 0.1) is 0 Å². The number of nitrogen functional groups attached to an aromatic ring is 1. The second-order valence-electron chi connectivity index (χ2n) is 11.8. The number of carbonyl (C=O) groups is 1. The minimum absolute atomic E-state index is 0.182. The highest BCUT2D eigenvalue weighted by Gasteiger charge is 2.59. The maximum Gasteiger partial charge on any atom is 0.403 e. The molecule has 0 aliphatic carbocycles. The zero-order valence-electron chi connectivity index (χ0n) is 23.9. The Hall–Kier alpha value is -1.97. The van der Waals surface area contributed by atoms with Crippen LogP contribution in [-0.4, -0.2) is 80.4 Å². The molecule has 220 valence electrons. The van der Waals surface area contributed by atoms with Crippen LogP contribution < -0.4 is 10.8 Å². The van der Waals surface area contributed by atoms with E-state index in [-0.39, 0.29) is 10.9 Å². The molecule has 1 fully saturated rings. The minimum Gasteiger partial charge on any atom is -0.462 e. The van der Waals surface area contributed by atoms with Gasteiger partial charge in [-0.15, -0.1) is 0 Å². The van der Waals surface area contributed by atoms with E-state index in [1.54, 1.807) is 25.3 Å². The molecule has 16 heteroatoms. The number of aromatic nitrogens is 4. The topological polar surface area (TPSA) is 193 Å². The van der Waals surface area contributed by atoms with Gasteiger partial charge in [0.25, 0.3) is 0 Å². The highest BCUT2D eigenvalue weighted by Crippen LogP contribution is 2.49. The minimum atomic E-state index is -4.49. The SMILES string of the molecule is CC(C)OC(=O)C(C)NP(=O)(O)OC[C@H]1O[C@@H](n2cnc3c(N)ncnc32)[C@@](C)(O[Si](C)(C)C(C)(C)C)C1O. The Morgan fingerprint density at radius 1 is 1.31 bits per heavy atom. The van der Waals surface area contributed by atoms with Crippen LogP contribution in [0.15, 0.2) is 12.7 Å². The standard InChI is InChI=1S/C23H41N6O8PSi/c1-13(2)35-20(31)14(3)28-38(32,33)34-10-15-17(30)23(7,37-39(8,9)22(4,5)6)21(36-15)29-12-27-16-18(24)25-11-26-19(16)29/h11-15,17,21,30H,10H2,1-9H3,(H2,24,25,26)(H2,28,32,33)/t14?,15-,17?,21-,23+/m1/s1. The number of ether oxygens (including phenoxy) is 2. The fourth-order valence-electron chi connectivity index (χ4n) is 4.06. The summed E-state index contributed by atoms with van der Waals surface area (Å²) in [6, 6.07) is -1.11. The molecule has 0 spiro atoms. The first-order valence-corrected chi connectivity index (χ1v) is 17.2. The molecule has 0 radical (unpaired) electrons. The first-order chi connectivity index (χ1) is 17.8. The summed E-state index contributed by atoms with van der Waals surface area (Å²) in [4.78, 5) is 35.0. The largest absolute Gasteiger partial charge is 0.462 e. The molecule has 0 saturated carbocycles. The van der Waals surface area contributed by atoms with Gasteiger partial charge in [-0.2, -0.15) is 0 Å². The molecule has 5 N–H and O–H groups in total. The summed E-state index contributed by atoms with van der Waals surface area (Å²) in [5.74, 6) is -0.523. The van der Waals surface area contributed by atoms with Gasteiger partial charge in [0, 0.05) is 0 Å². The van der Waals surface area contributed by atoms with Gasteiger partial charge >= 0.3 is 13.7 Å². The van der Waals surface area contributed by atoms with E-state index in [0.29, 0.717) is 11.2 Å². The Morgan fingerprint density at radius 2 is 1.95 bits per heavy atom. The van der Waals surface area contributed by atoms with Gasteiger partial charge in [-0.1, -0.05) is 20.8 Å². The average Bonchev–Trinajstić information content (AvgIpc) is 3.31. The molecule has 6 atom stereocenters. The van der Waals surface area contributed by atoms with E-state index in [9.17, 15) is 19.4 Å². The van der Waals surface area contributed by atoms with Gasteiger partial charge in [-0.05, 0) is 45.8 Å². The third-order valence-electron chi connectivity index (χ3n) is 7.13. The van der Waals surface area contributed by atoms with E-state index in [0.717, 1.165) is 0 Å². The first-order valence-electron chi connectivity index (χ1n) is 12.7. The van der Waals surface area contributed by atoms with Crippen LogP contribution in [0.1, 0.15) is 54.7 Å². The van der Waals surface area contributed by atoms with Gasteiger partial charge in [-0.3, -0.25) is 13.9 Å². The van der Waals surface area contributed by atoms with Gasteiger partial charge in [0.1, 0.15) is 35.7 Å². The van der Waals surface area contributed by atoms with Crippen molar-refractivity contribution in [1.82, 2.24) is 24.6 Å². The molecular formula is C23H41N6O8PSi. The third-order valence-corrected chi connectivity index (χ3v) is 12.9. The van der Waals surface area contributed by atoms with Gasteiger partial charge in [0.05, 0.1) is 19.0 Å². The fraction of sp³-hybridized carbons (Fsp3) is 0.739. The zero-order chi connectivity index (χ0) is 29.6. The molecule has 1 aliphatic heterocycles. The molecule has 1 saturated heterocycles. The van der Waals surface area contributed by atoms with Gasteiger partial charge < -0.3 is 29.6 Å². The fourth-order valence-corrected chi connectivity index (χ4v) is 6.71. The highest BCUT2D eigenvalue weighted by atomic mass is 31.2. The van der Waals surface area contributed by atoms with Crippen molar-refractivity contribution in [2.24, 2.45) is 0 Å². The van der Waals surface area contributed by atoms with Crippen LogP contribution in [0.5, 0.6) is 0 Å². The molecule has 14 nitrogen and oxygen atoms in total. The van der Waals surface area contributed by atoms with Crippen LogP contribution in [0.25, 0.3) is 11.2 Å². The maximum atomic E-state index is 12.7. The van der Waals surface area contributed by atoms with Gasteiger partial charge in [-0.25, -0.2) is 24.6 Å². The predicted octanol–water partition coefficient (Wildman–Crippen LogP) is 2.49. The summed E-state index contributed by atoms with van der Waals surface area (Å²) in [6.07, 6.45) is -0.922. The molecule has 0 amide bonds. The number of esters is 1. The van der Waals surface area contributed by atoms with E-state index >= 15 is 0 Å². The molecule has 3 unspecified atom stereocenters. The molecule has 3 rings (SSSR count). The number of nitrogens with two attached hydrogens (primary N) is 1. The Kier molecular flexibility index (Phi) is 9.00. The summed E-state index contributed by atoms with van der Waals surface area (Å²) >= 11 is 0. The summed E-state index contributed by atoms with van der Waals surface area (Å²) in [5, 5.41) is 13.6. The average molecular weight is 589 g/mol. The summed E-state index contributed by atoms with van der Waals surface area (Å²) in [6.45, 7) is 16.3. The lowest BCUT2D eigenvalue weighted by Gasteiger charge is -2.45. The Morgan fingerprint density at radius 3 is 2.54 bits per heavy atom. The third kappa shape index (κ3) is 6.68. The summed E-state index contributed by atoms with van der Waals surface area (Å²) < 4.78 is 37.6. The molecule has 39 heavy (non-hydrogen) atoms. The van der Waals surface area contributed by atoms with Crippen molar-refractivity contribution in [2.75, 3.05) is 12.3 Å². The lowest BCUT2D eigenvalue weighted by Crippen LogP contribution is -2.56. The van der Waals surface area contributed by atoms with Crippen LogP contribution in [0.3, 0.4) is 0 Å². The van der Waals surface area contributed by atoms with Crippen molar-refractivity contribution >= 4 is 39.0 Å². The lowest BCUT2D eigenvalue weighted by atomic mass is 9.96. The lowest BCUT2D eigenvalue weighted by molar-refractivity contribution is -0.149. The van der Waals surface area contributed by atoms with Crippen LogP contribution in [-0.2, 0) is 27.8 Å². The quantitative estimate of drug-likeness (QED) is 0.180. The molecule has 0 bridgehead atoms. The molecular weight excluding hydrogens is 547 g/mol. The van der Waals surface area contributed by atoms with E-state index in [4.69, 9.17) is 24.2 Å². The number of anilines is 1. The van der Waals surface area contributed by atoms with Crippen molar-refractivity contribution in [3.8, 4) is 0 Å². The number of imidazole rings is 1. The molecule has 1 aliphatic rings. The Balaban J connectivity index is 1.89. The van der Waals surface area contributed by atoms with Crippen molar-refractivity contribution in [3.05, 3.63) is 12.7 Å². The van der Waals surface area contributed by atoms with E-state index in [2.05, 4.69) is 40.8 Å². The number of rotatable bonds is 10. The van der Waals surface area contributed by atoms with Crippen molar-refractivity contribution in [2.45, 2.75) is 103 Å². The van der Waals surface area contributed by atoms with Crippen molar-refractivity contribution in [1.29, 1.82) is 0 Å². The van der Waals surface area contributed by atoms with Gasteiger partial charge in [0.2, 0.25) is 0 Å². The number of aliphatic hydroxyl groups is 1. The number of aliphatic hydroxyl groups excluding tert-OH is 1. The second-order valence-corrected chi connectivity index (χ2v) is 18.0. The number of hydrogen-bond acceptors (Lipinski definition) is 11. The molecule has 2 aromatic heterocycles. The van der Waals surface area contributed by atoms with Crippen LogP contribution in [0.4, 0.5) is 5.82 Å². The second kappa shape index (κ2) is 11.1. The number of nitrogens with one attached hydrogen (secondary N) is 1. The number of nitrogens with zero attached hydrogens (tertiary/aromatic N) is 4. The van der Waals surface area contributed by atoms with Crippen molar-refractivity contribution in [3.63, 3.8) is 0 Å². The zero-order valence-corrected chi connectivity index (χ0v) is 25.8. The first kappa shape index (κ1) is 31.6. The number of hydrogen-bond donors (Lipinski definition) is 4. The van der Waals surface area contributed by atoms with Crippen LogP contribution >= 0.6 is 7.75 Å². The summed E-state index contributed by atoms with van der Waals surface area (Å²) in [5.41, 5.74) is 5.38. The normalized spacial score (nSPS) is 26.6. The molecule has 3 heterocycles. The molecule has 2 aromatic rings. The maximum absolute atomic E-state index is 12.7.